The van der Waals surface area contributed by atoms with E-state index in [0.717, 1.165) is 32.0 Å². The molecule has 3 rings (SSSR count). The van der Waals surface area contributed by atoms with Gasteiger partial charge >= 0.3 is 0 Å². The van der Waals surface area contributed by atoms with Gasteiger partial charge in [-0.3, -0.25) is 9.69 Å². The average molecular weight is 374 g/mol. The lowest BCUT2D eigenvalue weighted by Gasteiger charge is -2.39. The molecule has 5 heteroatoms. The van der Waals surface area contributed by atoms with Gasteiger partial charge in [0.2, 0.25) is 0 Å². The van der Waals surface area contributed by atoms with E-state index in [2.05, 4.69) is 28.6 Å². The van der Waals surface area contributed by atoms with E-state index in [4.69, 9.17) is 0 Å². The fourth-order valence-electron chi connectivity index (χ4n) is 3.58. The maximum atomic E-state index is 12.5. The van der Waals surface area contributed by atoms with Crippen LogP contribution in [0.4, 0.5) is 5.82 Å². The number of carbonyl (C=O) groups is 1. The van der Waals surface area contributed by atoms with Crippen LogP contribution in [0.1, 0.15) is 42.6 Å². The van der Waals surface area contributed by atoms with Crippen molar-refractivity contribution in [2.45, 2.75) is 32.7 Å². The highest BCUT2D eigenvalue weighted by Crippen LogP contribution is 2.18. The number of hydrogen-bond acceptors (Lipinski definition) is 4. The lowest BCUT2D eigenvalue weighted by molar-refractivity contribution is 0.103. The molecule has 2 aromatic rings. The van der Waals surface area contributed by atoms with Crippen molar-refractivity contribution >= 4 is 24.0 Å². The molecule has 0 N–H and O–H groups in total. The fourth-order valence-corrected chi connectivity index (χ4v) is 3.58. The third-order valence-corrected chi connectivity index (χ3v) is 5.14. The minimum Gasteiger partial charge on any atom is -0.354 e. The second-order valence-electron chi connectivity index (χ2n) is 6.59. The van der Waals surface area contributed by atoms with Crippen molar-refractivity contribution in [1.29, 1.82) is 0 Å². The molecule has 140 valence electrons. The molecular formula is C21H28ClN3O. The highest BCUT2D eigenvalue weighted by molar-refractivity contribution is 6.08. The summed E-state index contributed by atoms with van der Waals surface area (Å²) in [4.78, 5) is 21.9. The van der Waals surface area contributed by atoms with Gasteiger partial charge in [0.15, 0.2) is 5.78 Å². The summed E-state index contributed by atoms with van der Waals surface area (Å²) < 4.78 is 0. The number of aromatic nitrogens is 1. The number of pyridine rings is 1. The summed E-state index contributed by atoms with van der Waals surface area (Å²) in [6, 6.07) is 13.9. The van der Waals surface area contributed by atoms with Crippen molar-refractivity contribution < 1.29 is 4.79 Å². The van der Waals surface area contributed by atoms with Crippen LogP contribution < -0.4 is 4.90 Å². The smallest absolute Gasteiger partial charge is 0.194 e. The molecule has 1 saturated heterocycles. The van der Waals surface area contributed by atoms with Gasteiger partial charge in [-0.15, -0.1) is 12.4 Å². The maximum Gasteiger partial charge on any atom is 0.194 e. The molecule has 0 bridgehead atoms. The van der Waals surface area contributed by atoms with Gasteiger partial charge in [-0.25, -0.2) is 4.98 Å². The van der Waals surface area contributed by atoms with Crippen molar-refractivity contribution in [2.24, 2.45) is 0 Å². The normalized spacial score (nSPS) is 15.0. The predicted octanol–water partition coefficient (Wildman–Crippen LogP) is 4.05. The minimum atomic E-state index is 0. The molecule has 26 heavy (non-hydrogen) atoms. The molecule has 0 spiro atoms. The number of nitrogens with zero attached hydrogens (tertiary/aromatic N) is 3. The lowest BCUT2D eigenvalue weighted by atomic mass is 10.1. The molecule has 0 aliphatic carbocycles. The number of ketones is 1. The summed E-state index contributed by atoms with van der Waals surface area (Å²) in [5, 5.41) is 0. The van der Waals surface area contributed by atoms with Crippen LogP contribution >= 0.6 is 12.4 Å². The zero-order chi connectivity index (χ0) is 17.6. The van der Waals surface area contributed by atoms with E-state index in [0.29, 0.717) is 17.2 Å². The first-order valence-electron chi connectivity index (χ1n) is 9.27. The Kier molecular flexibility index (Phi) is 7.61. The van der Waals surface area contributed by atoms with E-state index in [-0.39, 0.29) is 18.2 Å². The molecule has 0 radical (unpaired) electrons. The molecule has 0 atom stereocenters. The van der Waals surface area contributed by atoms with E-state index < -0.39 is 0 Å². The van der Waals surface area contributed by atoms with Gasteiger partial charge in [-0.05, 0) is 25.0 Å². The van der Waals surface area contributed by atoms with Gasteiger partial charge < -0.3 is 4.90 Å². The summed E-state index contributed by atoms with van der Waals surface area (Å²) in [7, 11) is 0. The third-order valence-electron chi connectivity index (χ3n) is 5.14. The van der Waals surface area contributed by atoms with Crippen LogP contribution in [0, 0.1) is 0 Å². The van der Waals surface area contributed by atoms with Crippen LogP contribution in [0.2, 0.25) is 0 Å². The second-order valence-corrected chi connectivity index (χ2v) is 6.59. The summed E-state index contributed by atoms with van der Waals surface area (Å²) in [5.74, 6) is 0.993. The van der Waals surface area contributed by atoms with Crippen LogP contribution in [0.3, 0.4) is 0 Å². The first-order valence-corrected chi connectivity index (χ1v) is 9.27. The number of carbonyl (C=O) groups excluding carboxylic acids is 1. The largest absolute Gasteiger partial charge is 0.354 e. The quantitative estimate of drug-likeness (QED) is 0.716. The molecule has 1 fully saturated rings. The van der Waals surface area contributed by atoms with Gasteiger partial charge in [-0.1, -0.05) is 44.2 Å². The number of benzene rings is 1. The van der Waals surface area contributed by atoms with Crippen molar-refractivity contribution in [1.82, 2.24) is 9.88 Å². The molecule has 0 unspecified atom stereocenters. The zero-order valence-electron chi connectivity index (χ0n) is 15.6. The molecule has 4 nitrogen and oxygen atoms in total. The van der Waals surface area contributed by atoms with Crippen molar-refractivity contribution in [3.63, 3.8) is 0 Å². The summed E-state index contributed by atoms with van der Waals surface area (Å²) in [6.45, 7) is 8.69. The van der Waals surface area contributed by atoms with Crippen molar-refractivity contribution in [2.75, 3.05) is 31.1 Å². The van der Waals surface area contributed by atoms with E-state index in [1.54, 1.807) is 6.20 Å². The minimum absolute atomic E-state index is 0. The topological polar surface area (TPSA) is 36.4 Å². The Morgan fingerprint density at radius 3 is 2.15 bits per heavy atom. The van der Waals surface area contributed by atoms with E-state index in [1.165, 1.54) is 12.8 Å². The second kappa shape index (κ2) is 9.70. The fraction of sp³-hybridized carbons (Fsp3) is 0.429. The van der Waals surface area contributed by atoms with Crippen molar-refractivity contribution in [3.05, 3.63) is 59.8 Å². The molecule has 0 saturated carbocycles. The van der Waals surface area contributed by atoms with E-state index in [9.17, 15) is 4.79 Å². The van der Waals surface area contributed by atoms with Crippen LogP contribution in [0.5, 0.6) is 0 Å². The first-order chi connectivity index (χ1) is 12.2. The predicted molar refractivity (Wildman–Crippen MR) is 110 cm³/mol. The lowest BCUT2D eigenvalue weighted by Crippen LogP contribution is -2.50. The van der Waals surface area contributed by atoms with Crippen LogP contribution in [-0.2, 0) is 0 Å². The highest BCUT2D eigenvalue weighted by Gasteiger charge is 2.22. The van der Waals surface area contributed by atoms with Crippen molar-refractivity contribution in [3.8, 4) is 0 Å². The Bertz CT molecular complexity index is 678. The van der Waals surface area contributed by atoms with Gasteiger partial charge in [-0.2, -0.15) is 0 Å². The summed E-state index contributed by atoms with van der Waals surface area (Å²) in [5.41, 5.74) is 1.35. The van der Waals surface area contributed by atoms with Crippen LogP contribution in [0.15, 0.2) is 48.7 Å². The Balaban J connectivity index is 0.00000243. The van der Waals surface area contributed by atoms with E-state index >= 15 is 0 Å². The van der Waals surface area contributed by atoms with E-state index in [1.807, 2.05) is 42.5 Å². The first kappa shape index (κ1) is 20.4. The number of anilines is 1. The highest BCUT2D eigenvalue weighted by atomic mass is 35.5. The Morgan fingerprint density at radius 1 is 0.962 bits per heavy atom. The third kappa shape index (κ3) is 4.63. The van der Waals surface area contributed by atoms with Gasteiger partial charge in [0.1, 0.15) is 5.82 Å². The maximum absolute atomic E-state index is 12.5. The van der Waals surface area contributed by atoms with Crippen LogP contribution in [-0.4, -0.2) is 47.9 Å². The number of halogens is 1. The number of rotatable bonds is 6. The molecule has 2 heterocycles. The van der Waals surface area contributed by atoms with Gasteiger partial charge in [0.05, 0.1) is 0 Å². The van der Waals surface area contributed by atoms with Gasteiger partial charge in [0.25, 0.3) is 0 Å². The standard InChI is InChI=1S/C21H27N3O.ClH/c1-3-19(4-2)23-12-14-24(15-13-23)20-11-10-18(16-22-20)21(25)17-8-6-5-7-9-17;/h5-11,16,19H,3-4,12-15H2,1-2H3;1H. The molecule has 0 amide bonds. The molecule has 1 aliphatic heterocycles. The average Bonchev–Trinajstić information content (AvgIpc) is 2.70. The molecule has 1 aliphatic rings. The number of piperazine rings is 1. The number of hydrogen-bond donors (Lipinski definition) is 0. The molecular weight excluding hydrogens is 346 g/mol. The summed E-state index contributed by atoms with van der Waals surface area (Å²) >= 11 is 0. The Labute approximate surface area is 162 Å². The Hall–Kier alpha value is -1.91. The van der Waals surface area contributed by atoms with Gasteiger partial charge in [0, 0.05) is 49.5 Å². The SMILES string of the molecule is CCC(CC)N1CCN(c2ccc(C(=O)c3ccccc3)cn2)CC1.Cl. The monoisotopic (exact) mass is 373 g/mol. The Morgan fingerprint density at radius 2 is 1.62 bits per heavy atom. The van der Waals surface area contributed by atoms with Crippen LogP contribution in [0.25, 0.3) is 0 Å². The zero-order valence-corrected chi connectivity index (χ0v) is 16.4. The summed E-state index contributed by atoms with van der Waals surface area (Å²) in [6.07, 6.45) is 4.13. The molecule has 1 aromatic carbocycles. The molecule has 1 aromatic heterocycles.